The minimum atomic E-state index is -0.675. The van der Waals surface area contributed by atoms with Crippen LogP contribution in [0.5, 0.6) is 5.75 Å². The molecule has 0 saturated heterocycles. The molecule has 1 atom stereocenters. The van der Waals surface area contributed by atoms with E-state index >= 15 is 0 Å². The molecule has 100 valence electrons. The van der Waals surface area contributed by atoms with E-state index in [0.717, 1.165) is 22.3 Å². The number of aryl methyl sites for hydroxylation is 2. The molecule has 0 aliphatic rings. The summed E-state index contributed by atoms with van der Waals surface area (Å²) in [6, 6.07) is 11.4. The fourth-order valence-corrected chi connectivity index (χ4v) is 2.28. The molecule has 0 aliphatic carbocycles. The van der Waals surface area contributed by atoms with Crippen LogP contribution in [0.1, 0.15) is 28.4 Å². The van der Waals surface area contributed by atoms with Crippen molar-refractivity contribution in [2.24, 2.45) is 0 Å². The van der Waals surface area contributed by atoms with Gasteiger partial charge in [-0.2, -0.15) is 0 Å². The van der Waals surface area contributed by atoms with Crippen LogP contribution < -0.4 is 4.74 Å². The Labute approximate surface area is 118 Å². The van der Waals surface area contributed by atoms with Crippen LogP contribution in [0.3, 0.4) is 0 Å². The summed E-state index contributed by atoms with van der Waals surface area (Å²) in [6.07, 6.45) is -0.675. The number of aliphatic hydroxyl groups excluding tert-OH is 1. The first-order valence-electron chi connectivity index (χ1n) is 6.11. The monoisotopic (exact) mass is 276 g/mol. The molecule has 2 aromatic rings. The van der Waals surface area contributed by atoms with Gasteiger partial charge in [0.25, 0.3) is 0 Å². The largest absolute Gasteiger partial charge is 0.495 e. The SMILES string of the molecule is COc1cc(C(O)c2cc(C)ccc2C)ccc1Cl. The van der Waals surface area contributed by atoms with E-state index in [9.17, 15) is 5.11 Å². The van der Waals surface area contributed by atoms with Crippen LogP contribution in [-0.2, 0) is 0 Å². The van der Waals surface area contributed by atoms with E-state index in [0.29, 0.717) is 10.8 Å². The molecule has 0 fully saturated rings. The predicted octanol–water partition coefficient (Wildman–Crippen LogP) is 4.05. The van der Waals surface area contributed by atoms with Crippen molar-refractivity contribution in [3.8, 4) is 5.75 Å². The maximum absolute atomic E-state index is 10.5. The Kier molecular flexibility index (Phi) is 4.13. The van der Waals surface area contributed by atoms with E-state index in [-0.39, 0.29) is 0 Å². The molecule has 0 amide bonds. The molecule has 19 heavy (non-hydrogen) atoms. The number of benzene rings is 2. The minimum Gasteiger partial charge on any atom is -0.495 e. The Morgan fingerprint density at radius 2 is 1.84 bits per heavy atom. The minimum absolute atomic E-state index is 0.541. The van der Waals surface area contributed by atoms with Gasteiger partial charge >= 0.3 is 0 Å². The zero-order valence-corrected chi connectivity index (χ0v) is 12.0. The molecule has 0 aliphatic heterocycles. The fourth-order valence-electron chi connectivity index (χ4n) is 2.08. The molecule has 3 heteroatoms. The molecule has 0 bridgehead atoms. The topological polar surface area (TPSA) is 29.5 Å². The summed E-state index contributed by atoms with van der Waals surface area (Å²) in [5.41, 5.74) is 3.87. The van der Waals surface area contributed by atoms with Crippen LogP contribution in [0.4, 0.5) is 0 Å². The second-order valence-electron chi connectivity index (χ2n) is 4.66. The van der Waals surface area contributed by atoms with Crippen molar-refractivity contribution >= 4 is 11.6 Å². The molecule has 2 aromatic carbocycles. The van der Waals surface area contributed by atoms with Gasteiger partial charge in [0.2, 0.25) is 0 Å². The molecule has 0 heterocycles. The molecular formula is C16H17ClO2. The average molecular weight is 277 g/mol. The molecule has 0 spiro atoms. The number of rotatable bonds is 3. The first-order valence-corrected chi connectivity index (χ1v) is 6.49. The number of aliphatic hydroxyl groups is 1. The van der Waals surface area contributed by atoms with Crippen LogP contribution in [0.15, 0.2) is 36.4 Å². The number of ether oxygens (including phenoxy) is 1. The fraction of sp³-hybridized carbons (Fsp3) is 0.250. The van der Waals surface area contributed by atoms with Crippen molar-refractivity contribution in [2.45, 2.75) is 20.0 Å². The lowest BCUT2D eigenvalue weighted by atomic mass is 9.96. The van der Waals surface area contributed by atoms with E-state index in [1.807, 2.05) is 38.1 Å². The standard InChI is InChI=1S/C16H17ClO2/c1-10-4-5-11(2)13(8-10)16(18)12-6-7-14(17)15(9-12)19-3/h4-9,16,18H,1-3H3. The molecular weight excluding hydrogens is 260 g/mol. The first kappa shape index (κ1) is 13.9. The van der Waals surface area contributed by atoms with E-state index in [2.05, 4.69) is 0 Å². The Morgan fingerprint density at radius 3 is 2.53 bits per heavy atom. The second-order valence-corrected chi connectivity index (χ2v) is 5.06. The third kappa shape index (κ3) is 2.91. The van der Waals surface area contributed by atoms with Crippen molar-refractivity contribution < 1.29 is 9.84 Å². The van der Waals surface area contributed by atoms with E-state index in [4.69, 9.17) is 16.3 Å². The van der Waals surface area contributed by atoms with Crippen molar-refractivity contribution in [2.75, 3.05) is 7.11 Å². The molecule has 2 rings (SSSR count). The van der Waals surface area contributed by atoms with Crippen molar-refractivity contribution in [3.05, 3.63) is 63.7 Å². The highest BCUT2D eigenvalue weighted by Gasteiger charge is 2.15. The quantitative estimate of drug-likeness (QED) is 0.916. The average Bonchev–Trinajstić information content (AvgIpc) is 2.41. The van der Waals surface area contributed by atoms with Crippen LogP contribution in [-0.4, -0.2) is 12.2 Å². The Morgan fingerprint density at radius 1 is 1.11 bits per heavy atom. The Balaban J connectivity index is 2.43. The summed E-state index contributed by atoms with van der Waals surface area (Å²) in [5, 5.41) is 11.1. The lowest BCUT2D eigenvalue weighted by Gasteiger charge is -2.16. The first-order chi connectivity index (χ1) is 9.02. The molecule has 1 unspecified atom stereocenters. The van der Waals surface area contributed by atoms with Gasteiger partial charge in [-0.05, 0) is 42.7 Å². The Bertz CT molecular complexity index is 593. The zero-order valence-electron chi connectivity index (χ0n) is 11.3. The highest BCUT2D eigenvalue weighted by atomic mass is 35.5. The van der Waals surface area contributed by atoms with E-state index < -0.39 is 6.10 Å². The molecule has 0 aromatic heterocycles. The third-order valence-corrected chi connectivity index (χ3v) is 3.53. The molecule has 0 radical (unpaired) electrons. The van der Waals surface area contributed by atoms with E-state index in [1.165, 1.54) is 0 Å². The van der Waals surface area contributed by atoms with Crippen molar-refractivity contribution in [3.63, 3.8) is 0 Å². The molecule has 2 nitrogen and oxygen atoms in total. The number of hydrogen-bond donors (Lipinski definition) is 1. The molecule has 0 saturated carbocycles. The summed E-state index contributed by atoms with van der Waals surface area (Å²) >= 11 is 6.00. The lowest BCUT2D eigenvalue weighted by Crippen LogP contribution is -2.03. The van der Waals surface area contributed by atoms with Crippen LogP contribution in [0.2, 0.25) is 5.02 Å². The maximum atomic E-state index is 10.5. The summed E-state index contributed by atoms with van der Waals surface area (Å²) in [5.74, 6) is 0.573. The van der Waals surface area contributed by atoms with Gasteiger partial charge in [-0.25, -0.2) is 0 Å². The second kappa shape index (κ2) is 5.64. The predicted molar refractivity (Wildman–Crippen MR) is 78.0 cm³/mol. The van der Waals surface area contributed by atoms with Gasteiger partial charge in [0, 0.05) is 0 Å². The summed E-state index contributed by atoms with van der Waals surface area (Å²) < 4.78 is 5.18. The van der Waals surface area contributed by atoms with Gasteiger partial charge in [-0.3, -0.25) is 0 Å². The maximum Gasteiger partial charge on any atom is 0.137 e. The number of methoxy groups -OCH3 is 1. The smallest absolute Gasteiger partial charge is 0.137 e. The number of hydrogen-bond acceptors (Lipinski definition) is 2. The van der Waals surface area contributed by atoms with Crippen molar-refractivity contribution in [1.29, 1.82) is 0 Å². The summed E-state index contributed by atoms with van der Waals surface area (Å²) in [7, 11) is 1.56. The zero-order chi connectivity index (χ0) is 14.0. The van der Waals surface area contributed by atoms with Crippen LogP contribution in [0.25, 0.3) is 0 Å². The van der Waals surface area contributed by atoms with Gasteiger partial charge in [0.05, 0.1) is 12.1 Å². The van der Waals surface area contributed by atoms with Gasteiger partial charge in [-0.15, -0.1) is 0 Å². The van der Waals surface area contributed by atoms with Crippen LogP contribution >= 0.6 is 11.6 Å². The third-order valence-electron chi connectivity index (χ3n) is 3.22. The van der Waals surface area contributed by atoms with Gasteiger partial charge in [0.1, 0.15) is 11.9 Å². The van der Waals surface area contributed by atoms with Gasteiger partial charge in [-0.1, -0.05) is 41.4 Å². The van der Waals surface area contributed by atoms with Crippen molar-refractivity contribution in [1.82, 2.24) is 0 Å². The number of halogens is 1. The normalized spacial score (nSPS) is 12.3. The molecule has 1 N–H and O–H groups in total. The summed E-state index contributed by atoms with van der Waals surface area (Å²) in [4.78, 5) is 0. The van der Waals surface area contributed by atoms with E-state index in [1.54, 1.807) is 19.2 Å². The lowest BCUT2D eigenvalue weighted by molar-refractivity contribution is 0.219. The Hall–Kier alpha value is -1.51. The summed E-state index contributed by atoms with van der Waals surface area (Å²) in [6.45, 7) is 4.00. The van der Waals surface area contributed by atoms with Gasteiger partial charge in [0.15, 0.2) is 0 Å². The van der Waals surface area contributed by atoms with Crippen LogP contribution in [0, 0.1) is 13.8 Å². The highest BCUT2D eigenvalue weighted by molar-refractivity contribution is 6.32. The van der Waals surface area contributed by atoms with Gasteiger partial charge < -0.3 is 9.84 Å². The highest BCUT2D eigenvalue weighted by Crippen LogP contribution is 2.31.